The van der Waals surface area contributed by atoms with Crippen LogP contribution in [0.15, 0.2) is 29.0 Å². The average molecular weight is 259 g/mol. The molecule has 0 bridgehead atoms. The molecular weight excluding hydrogens is 242 g/mol. The van der Waals surface area contributed by atoms with Gasteiger partial charge in [-0.3, -0.25) is 4.79 Å². The average Bonchev–Trinajstić information content (AvgIpc) is 2.88. The highest BCUT2D eigenvalue weighted by atomic mass is 16.3. The zero-order valence-corrected chi connectivity index (χ0v) is 10.9. The summed E-state index contributed by atoms with van der Waals surface area (Å²) < 4.78 is 5.17. The van der Waals surface area contributed by atoms with Crippen LogP contribution in [0, 0.1) is 0 Å². The number of nitrogens with zero attached hydrogens (tertiary/aromatic N) is 2. The summed E-state index contributed by atoms with van der Waals surface area (Å²) in [6.45, 7) is 2.07. The number of aromatic nitrogens is 1. The van der Waals surface area contributed by atoms with Crippen LogP contribution in [0.1, 0.15) is 23.2 Å². The topological polar surface area (TPSA) is 58.4 Å². The second-order valence-electron chi connectivity index (χ2n) is 5.09. The fraction of sp³-hybridized carbons (Fsp3) is 0.429. The zero-order chi connectivity index (χ0) is 13.2. The van der Waals surface area contributed by atoms with Crippen molar-refractivity contribution >= 4 is 17.0 Å². The Morgan fingerprint density at radius 1 is 1.42 bits per heavy atom. The van der Waals surface area contributed by atoms with Gasteiger partial charge in [-0.25, -0.2) is 4.98 Å². The lowest BCUT2D eigenvalue weighted by Gasteiger charge is -2.29. The summed E-state index contributed by atoms with van der Waals surface area (Å²) in [5, 5.41) is 3.09. The molecule has 0 radical (unpaired) electrons. The highest BCUT2D eigenvalue weighted by Gasteiger charge is 2.19. The van der Waals surface area contributed by atoms with Crippen molar-refractivity contribution in [1.29, 1.82) is 0 Å². The molecule has 100 valence electrons. The number of piperidine rings is 1. The van der Waals surface area contributed by atoms with Gasteiger partial charge in [0.1, 0.15) is 5.52 Å². The maximum absolute atomic E-state index is 12.2. The van der Waals surface area contributed by atoms with E-state index < -0.39 is 0 Å². The number of hydrogen-bond donors (Lipinski definition) is 1. The van der Waals surface area contributed by atoms with Crippen LogP contribution in [0.5, 0.6) is 0 Å². The van der Waals surface area contributed by atoms with E-state index in [1.807, 2.05) is 0 Å². The van der Waals surface area contributed by atoms with Crippen molar-refractivity contribution in [2.24, 2.45) is 0 Å². The first kappa shape index (κ1) is 12.2. The van der Waals surface area contributed by atoms with Crippen LogP contribution in [-0.4, -0.2) is 42.0 Å². The Labute approximate surface area is 111 Å². The molecule has 2 aromatic rings. The number of likely N-dealkylation sites (tertiary alicyclic amines) is 1. The minimum atomic E-state index is -0.0283. The number of oxazole rings is 1. The molecule has 0 spiro atoms. The fourth-order valence-corrected chi connectivity index (χ4v) is 2.42. The van der Waals surface area contributed by atoms with Crippen molar-refractivity contribution in [2.45, 2.75) is 18.9 Å². The molecule has 2 heterocycles. The number of nitrogens with one attached hydrogen (secondary N) is 1. The largest absolute Gasteiger partial charge is 0.443 e. The van der Waals surface area contributed by atoms with E-state index >= 15 is 0 Å². The lowest BCUT2D eigenvalue weighted by atomic mass is 10.0. The minimum absolute atomic E-state index is 0.0283. The molecule has 1 saturated heterocycles. The van der Waals surface area contributed by atoms with E-state index in [1.165, 1.54) is 6.39 Å². The molecule has 0 saturated carbocycles. The predicted molar refractivity (Wildman–Crippen MR) is 72.0 cm³/mol. The molecule has 0 aliphatic carbocycles. The number of rotatable bonds is 2. The van der Waals surface area contributed by atoms with E-state index in [1.54, 1.807) is 18.2 Å². The van der Waals surface area contributed by atoms with Gasteiger partial charge in [0.05, 0.1) is 0 Å². The number of fused-ring (bicyclic) bond motifs is 1. The smallest absolute Gasteiger partial charge is 0.251 e. The van der Waals surface area contributed by atoms with Crippen molar-refractivity contribution in [3.8, 4) is 0 Å². The van der Waals surface area contributed by atoms with Crippen molar-refractivity contribution < 1.29 is 9.21 Å². The van der Waals surface area contributed by atoms with Gasteiger partial charge in [0.2, 0.25) is 0 Å². The summed E-state index contributed by atoms with van der Waals surface area (Å²) >= 11 is 0. The van der Waals surface area contributed by atoms with Crippen molar-refractivity contribution in [1.82, 2.24) is 15.2 Å². The van der Waals surface area contributed by atoms with Gasteiger partial charge in [-0.1, -0.05) is 0 Å². The lowest BCUT2D eigenvalue weighted by Crippen LogP contribution is -2.43. The summed E-state index contributed by atoms with van der Waals surface area (Å²) in [4.78, 5) is 18.5. The van der Waals surface area contributed by atoms with Crippen molar-refractivity contribution in [3.05, 3.63) is 30.2 Å². The number of amides is 1. The Bertz CT molecular complexity index is 585. The summed E-state index contributed by atoms with van der Waals surface area (Å²) in [6, 6.07) is 5.60. The van der Waals surface area contributed by atoms with Gasteiger partial charge in [0.25, 0.3) is 5.91 Å². The normalized spacial score (nSPS) is 17.7. The molecule has 0 atom stereocenters. The quantitative estimate of drug-likeness (QED) is 0.891. The summed E-state index contributed by atoms with van der Waals surface area (Å²) in [5.74, 6) is -0.0283. The van der Waals surface area contributed by atoms with E-state index in [0.717, 1.165) is 31.4 Å². The summed E-state index contributed by atoms with van der Waals surface area (Å²) in [5.41, 5.74) is 2.06. The van der Waals surface area contributed by atoms with Crippen molar-refractivity contribution in [2.75, 3.05) is 20.1 Å². The SMILES string of the molecule is CN1CCC(NC(=O)c2ccc3ocnc3c2)CC1. The third-order valence-electron chi connectivity index (χ3n) is 3.65. The van der Waals surface area contributed by atoms with E-state index in [0.29, 0.717) is 11.1 Å². The maximum atomic E-state index is 12.2. The number of carbonyl (C=O) groups excluding carboxylic acids is 1. The molecule has 5 heteroatoms. The second-order valence-corrected chi connectivity index (χ2v) is 5.09. The van der Waals surface area contributed by atoms with Crippen LogP contribution < -0.4 is 5.32 Å². The third kappa shape index (κ3) is 2.61. The monoisotopic (exact) mass is 259 g/mol. The molecule has 0 unspecified atom stereocenters. The predicted octanol–water partition coefficient (Wildman–Crippen LogP) is 1.65. The maximum Gasteiger partial charge on any atom is 0.251 e. The van der Waals surface area contributed by atoms with E-state index in [9.17, 15) is 4.79 Å². The Balaban J connectivity index is 1.69. The van der Waals surface area contributed by atoms with Gasteiger partial charge in [-0.05, 0) is 51.2 Å². The van der Waals surface area contributed by atoms with E-state index in [-0.39, 0.29) is 11.9 Å². The molecule has 5 nitrogen and oxygen atoms in total. The van der Waals surface area contributed by atoms with Crippen LogP contribution in [-0.2, 0) is 0 Å². The van der Waals surface area contributed by atoms with Gasteiger partial charge in [0, 0.05) is 11.6 Å². The molecule has 1 amide bonds. The first-order valence-electron chi connectivity index (χ1n) is 6.55. The molecule has 1 aliphatic heterocycles. The Morgan fingerprint density at radius 3 is 3.00 bits per heavy atom. The molecule has 19 heavy (non-hydrogen) atoms. The third-order valence-corrected chi connectivity index (χ3v) is 3.65. The number of hydrogen-bond acceptors (Lipinski definition) is 4. The zero-order valence-electron chi connectivity index (χ0n) is 10.9. The fourth-order valence-electron chi connectivity index (χ4n) is 2.42. The molecule has 1 N–H and O–H groups in total. The van der Waals surface area contributed by atoms with Crippen molar-refractivity contribution in [3.63, 3.8) is 0 Å². The van der Waals surface area contributed by atoms with Gasteiger partial charge < -0.3 is 14.6 Å². The summed E-state index contributed by atoms with van der Waals surface area (Å²) in [6.07, 6.45) is 3.41. The molecule has 1 aromatic carbocycles. The van der Waals surface area contributed by atoms with Gasteiger partial charge in [-0.2, -0.15) is 0 Å². The number of benzene rings is 1. The van der Waals surface area contributed by atoms with E-state index in [2.05, 4.69) is 22.2 Å². The van der Waals surface area contributed by atoms with Gasteiger partial charge >= 0.3 is 0 Å². The lowest BCUT2D eigenvalue weighted by molar-refractivity contribution is 0.0917. The molecule has 3 rings (SSSR count). The minimum Gasteiger partial charge on any atom is -0.443 e. The molecule has 1 aromatic heterocycles. The first-order valence-corrected chi connectivity index (χ1v) is 6.55. The van der Waals surface area contributed by atoms with Gasteiger partial charge in [0.15, 0.2) is 12.0 Å². The molecular formula is C14H17N3O2. The molecule has 1 fully saturated rings. The van der Waals surface area contributed by atoms with Crippen LogP contribution in [0.4, 0.5) is 0 Å². The first-order chi connectivity index (χ1) is 9.22. The highest BCUT2D eigenvalue weighted by Crippen LogP contribution is 2.15. The number of carbonyl (C=O) groups is 1. The summed E-state index contributed by atoms with van der Waals surface area (Å²) in [7, 11) is 2.11. The van der Waals surface area contributed by atoms with Gasteiger partial charge in [-0.15, -0.1) is 0 Å². The Hall–Kier alpha value is -1.88. The molecule has 1 aliphatic rings. The standard InChI is InChI=1S/C14H17N3O2/c1-17-6-4-11(5-7-17)16-14(18)10-2-3-13-12(8-10)15-9-19-13/h2-3,8-9,11H,4-7H2,1H3,(H,16,18). The van der Waals surface area contributed by atoms with Crippen LogP contribution in [0.25, 0.3) is 11.1 Å². The highest BCUT2D eigenvalue weighted by molar-refractivity contribution is 5.97. The van der Waals surface area contributed by atoms with E-state index in [4.69, 9.17) is 4.42 Å². The van der Waals surface area contributed by atoms with Crippen LogP contribution in [0.2, 0.25) is 0 Å². The van der Waals surface area contributed by atoms with Crippen LogP contribution >= 0.6 is 0 Å². The van der Waals surface area contributed by atoms with Crippen LogP contribution in [0.3, 0.4) is 0 Å². The Kier molecular flexibility index (Phi) is 3.21. The second kappa shape index (κ2) is 5.01. The Morgan fingerprint density at radius 2 is 2.21 bits per heavy atom.